The van der Waals surface area contributed by atoms with E-state index in [4.69, 9.17) is 4.42 Å². The van der Waals surface area contributed by atoms with Gasteiger partial charge in [-0.2, -0.15) is 0 Å². The van der Waals surface area contributed by atoms with Crippen LogP contribution in [0.2, 0.25) is 0 Å². The lowest BCUT2D eigenvalue weighted by Crippen LogP contribution is -2.10. The lowest BCUT2D eigenvalue weighted by molar-refractivity contribution is 0.670. The third-order valence-electron chi connectivity index (χ3n) is 11.6. The molecule has 1 aromatic heterocycles. The Kier molecular flexibility index (Phi) is 8.87. The van der Waals surface area contributed by atoms with E-state index in [0.29, 0.717) is 0 Å². The molecule has 11 aromatic rings. The minimum absolute atomic E-state index is 0.903. The molecule has 2 heteroatoms. The van der Waals surface area contributed by atoms with Crippen molar-refractivity contribution in [2.75, 3.05) is 4.90 Å². The number of furan rings is 1. The van der Waals surface area contributed by atoms with Crippen LogP contribution in [0, 0.1) is 0 Å². The van der Waals surface area contributed by atoms with E-state index < -0.39 is 0 Å². The fourth-order valence-electron chi connectivity index (χ4n) is 8.60. The summed E-state index contributed by atoms with van der Waals surface area (Å²) in [5.74, 6) is 0. The first-order chi connectivity index (χ1) is 29.7. The number of hydrogen-bond acceptors (Lipinski definition) is 2. The molecule has 0 amide bonds. The van der Waals surface area contributed by atoms with Gasteiger partial charge >= 0.3 is 0 Å². The molecule has 0 aliphatic carbocycles. The Morgan fingerprint density at radius 1 is 0.267 bits per heavy atom. The largest absolute Gasteiger partial charge is 0.455 e. The SMILES string of the molecule is c1ccc(-c2cc(-c3ccccc3)cc(-c3ccc(N(c4ccc(-c5cccc6c5oc5ccccc56)cc4)c4cccc(-c5ccc6ccccc6c5)c4)cc3)c2)cc1. The predicted octanol–water partition coefficient (Wildman–Crippen LogP) is 16.5. The van der Waals surface area contributed by atoms with Gasteiger partial charge < -0.3 is 9.32 Å². The zero-order valence-corrected chi connectivity index (χ0v) is 32.9. The molecular weight excluding hydrogens is 727 g/mol. The number of benzene rings is 10. The van der Waals surface area contributed by atoms with E-state index in [-0.39, 0.29) is 0 Å². The number of hydrogen-bond donors (Lipinski definition) is 0. The molecule has 0 radical (unpaired) electrons. The first kappa shape index (κ1) is 35.2. The summed E-state index contributed by atoms with van der Waals surface area (Å²) in [5, 5.41) is 4.73. The minimum atomic E-state index is 0.903. The van der Waals surface area contributed by atoms with E-state index in [1.54, 1.807) is 0 Å². The molecule has 0 saturated carbocycles. The van der Waals surface area contributed by atoms with Crippen LogP contribution in [0.4, 0.5) is 17.1 Å². The van der Waals surface area contributed by atoms with Crippen LogP contribution in [0.1, 0.15) is 0 Å². The minimum Gasteiger partial charge on any atom is -0.455 e. The highest BCUT2D eigenvalue weighted by Crippen LogP contribution is 2.41. The second-order valence-corrected chi connectivity index (χ2v) is 15.4. The zero-order valence-electron chi connectivity index (χ0n) is 32.9. The van der Waals surface area contributed by atoms with Crippen LogP contribution in [0.5, 0.6) is 0 Å². The zero-order chi connectivity index (χ0) is 39.8. The number of fused-ring (bicyclic) bond motifs is 4. The molecule has 0 bridgehead atoms. The standard InChI is InChI=1S/C58H39NO/c1-3-13-40(14-4-1)48-36-49(41-15-5-2-6-16-41)38-50(37-48)43-27-31-51(32-28-43)59(53-20-11-19-46(39-53)47-26-25-42-17-7-8-18-45(42)35-47)52-33-29-44(30-34-52)54-22-12-23-56-55-21-9-10-24-57(55)60-58(54)56/h1-39H. The molecule has 1 heterocycles. The van der Waals surface area contributed by atoms with Gasteiger partial charge in [0.1, 0.15) is 11.2 Å². The third-order valence-corrected chi connectivity index (χ3v) is 11.6. The fourth-order valence-corrected chi connectivity index (χ4v) is 8.60. The number of anilines is 3. The predicted molar refractivity (Wildman–Crippen MR) is 253 cm³/mol. The summed E-state index contributed by atoms with van der Waals surface area (Å²) in [4.78, 5) is 2.36. The van der Waals surface area contributed by atoms with Crippen molar-refractivity contribution in [1.29, 1.82) is 0 Å². The first-order valence-electron chi connectivity index (χ1n) is 20.5. The normalized spacial score (nSPS) is 11.3. The van der Waals surface area contributed by atoms with Gasteiger partial charge in [0.25, 0.3) is 0 Å². The summed E-state index contributed by atoms with van der Waals surface area (Å²) in [5.41, 5.74) is 16.7. The number of para-hydroxylation sites is 2. The maximum absolute atomic E-state index is 6.44. The van der Waals surface area contributed by atoms with Gasteiger partial charge in [-0.1, -0.05) is 170 Å². The van der Waals surface area contributed by atoms with Gasteiger partial charge in [0.2, 0.25) is 0 Å². The van der Waals surface area contributed by atoms with Crippen LogP contribution >= 0.6 is 0 Å². The van der Waals surface area contributed by atoms with Crippen LogP contribution < -0.4 is 4.90 Å². The summed E-state index contributed by atoms with van der Waals surface area (Å²) in [6, 6.07) is 84.9. The van der Waals surface area contributed by atoms with E-state index in [0.717, 1.165) is 55.7 Å². The molecule has 0 fully saturated rings. The van der Waals surface area contributed by atoms with Gasteiger partial charge in [-0.15, -0.1) is 0 Å². The molecule has 0 aliphatic heterocycles. The molecule has 2 nitrogen and oxygen atoms in total. The highest BCUT2D eigenvalue weighted by atomic mass is 16.3. The highest BCUT2D eigenvalue weighted by molar-refractivity contribution is 6.09. The monoisotopic (exact) mass is 765 g/mol. The molecule has 0 N–H and O–H groups in total. The van der Waals surface area contributed by atoms with E-state index in [2.05, 4.69) is 229 Å². The molecule has 0 saturated heterocycles. The summed E-state index contributed by atoms with van der Waals surface area (Å²) in [7, 11) is 0. The maximum atomic E-state index is 6.44. The Bertz CT molecular complexity index is 3230. The number of nitrogens with zero attached hydrogens (tertiary/aromatic N) is 1. The van der Waals surface area contributed by atoms with Crippen molar-refractivity contribution in [3.63, 3.8) is 0 Å². The molecule has 0 aliphatic rings. The lowest BCUT2D eigenvalue weighted by atomic mass is 9.93. The molecule has 60 heavy (non-hydrogen) atoms. The van der Waals surface area contributed by atoms with Crippen molar-refractivity contribution in [2.45, 2.75) is 0 Å². The Morgan fingerprint density at radius 3 is 1.45 bits per heavy atom. The Balaban J connectivity index is 1.01. The molecule has 0 unspecified atom stereocenters. The highest BCUT2D eigenvalue weighted by Gasteiger charge is 2.17. The van der Waals surface area contributed by atoms with Crippen molar-refractivity contribution in [3.05, 3.63) is 237 Å². The number of rotatable bonds is 8. The van der Waals surface area contributed by atoms with Crippen molar-refractivity contribution >= 4 is 49.8 Å². The lowest BCUT2D eigenvalue weighted by Gasteiger charge is -2.26. The third kappa shape index (κ3) is 6.61. The summed E-state index contributed by atoms with van der Waals surface area (Å²) >= 11 is 0. The van der Waals surface area contributed by atoms with Gasteiger partial charge in [-0.05, 0) is 128 Å². The van der Waals surface area contributed by atoms with Crippen molar-refractivity contribution in [3.8, 4) is 55.6 Å². The Morgan fingerprint density at radius 2 is 0.767 bits per heavy atom. The Hall–Kier alpha value is -7.94. The quantitative estimate of drug-likeness (QED) is 0.153. The van der Waals surface area contributed by atoms with Crippen molar-refractivity contribution in [1.82, 2.24) is 0 Å². The van der Waals surface area contributed by atoms with Crippen LogP contribution in [-0.4, -0.2) is 0 Å². The van der Waals surface area contributed by atoms with Gasteiger partial charge in [0.05, 0.1) is 0 Å². The molecule has 0 spiro atoms. The first-order valence-corrected chi connectivity index (χ1v) is 20.5. The summed E-state index contributed by atoms with van der Waals surface area (Å²) in [6.45, 7) is 0. The molecule has 282 valence electrons. The molecule has 10 aromatic carbocycles. The van der Waals surface area contributed by atoms with Crippen molar-refractivity contribution in [2.24, 2.45) is 0 Å². The second-order valence-electron chi connectivity index (χ2n) is 15.4. The van der Waals surface area contributed by atoms with Crippen LogP contribution in [0.3, 0.4) is 0 Å². The average molecular weight is 766 g/mol. The smallest absolute Gasteiger partial charge is 0.143 e. The maximum Gasteiger partial charge on any atom is 0.143 e. The van der Waals surface area contributed by atoms with Crippen molar-refractivity contribution < 1.29 is 4.42 Å². The molecular formula is C58H39NO. The van der Waals surface area contributed by atoms with Crippen LogP contribution in [0.15, 0.2) is 241 Å². The summed E-state index contributed by atoms with van der Waals surface area (Å²) in [6.07, 6.45) is 0. The Labute approximate surface area is 349 Å². The second kappa shape index (κ2) is 15.1. The van der Waals surface area contributed by atoms with Crippen LogP contribution in [-0.2, 0) is 0 Å². The van der Waals surface area contributed by atoms with E-state index in [9.17, 15) is 0 Å². The van der Waals surface area contributed by atoms with Gasteiger partial charge in [-0.25, -0.2) is 0 Å². The average Bonchev–Trinajstić information content (AvgIpc) is 3.72. The van der Waals surface area contributed by atoms with Gasteiger partial charge in [0.15, 0.2) is 0 Å². The molecule has 11 rings (SSSR count). The fraction of sp³-hybridized carbons (Fsp3) is 0. The van der Waals surface area contributed by atoms with Crippen LogP contribution in [0.25, 0.3) is 88.3 Å². The van der Waals surface area contributed by atoms with E-state index >= 15 is 0 Å². The molecule has 0 atom stereocenters. The van der Waals surface area contributed by atoms with Gasteiger partial charge in [-0.3, -0.25) is 0 Å². The van der Waals surface area contributed by atoms with E-state index in [1.807, 2.05) is 12.1 Å². The van der Waals surface area contributed by atoms with Gasteiger partial charge in [0, 0.05) is 33.4 Å². The van der Waals surface area contributed by atoms with E-state index in [1.165, 1.54) is 49.7 Å². The summed E-state index contributed by atoms with van der Waals surface area (Å²) < 4.78 is 6.44. The topological polar surface area (TPSA) is 16.4 Å².